The van der Waals surface area contributed by atoms with Gasteiger partial charge in [-0.1, -0.05) is 36.4 Å². The SMILES string of the molecule is COC(=O)CC1CN(C(=O)c2ccccc2C)c2ccccc21. The highest BCUT2D eigenvalue weighted by atomic mass is 16.5. The summed E-state index contributed by atoms with van der Waals surface area (Å²) in [5, 5.41) is 0. The van der Waals surface area contributed by atoms with Gasteiger partial charge in [0.25, 0.3) is 5.91 Å². The summed E-state index contributed by atoms with van der Waals surface area (Å²) >= 11 is 0. The summed E-state index contributed by atoms with van der Waals surface area (Å²) in [4.78, 5) is 26.4. The number of para-hydroxylation sites is 1. The van der Waals surface area contributed by atoms with Crippen molar-refractivity contribution in [2.24, 2.45) is 0 Å². The van der Waals surface area contributed by atoms with Crippen LogP contribution in [0.2, 0.25) is 0 Å². The summed E-state index contributed by atoms with van der Waals surface area (Å²) in [6, 6.07) is 15.3. The lowest BCUT2D eigenvalue weighted by Crippen LogP contribution is -2.30. The largest absolute Gasteiger partial charge is 0.469 e. The zero-order chi connectivity index (χ0) is 16.4. The summed E-state index contributed by atoms with van der Waals surface area (Å²) in [6.07, 6.45) is 0.283. The normalized spacial score (nSPS) is 16.1. The van der Waals surface area contributed by atoms with Crippen molar-refractivity contribution in [1.29, 1.82) is 0 Å². The molecule has 0 spiro atoms. The Morgan fingerprint density at radius 2 is 1.83 bits per heavy atom. The van der Waals surface area contributed by atoms with Crippen LogP contribution in [-0.2, 0) is 9.53 Å². The average molecular weight is 309 g/mol. The van der Waals surface area contributed by atoms with Crippen LogP contribution in [0.5, 0.6) is 0 Å². The van der Waals surface area contributed by atoms with Gasteiger partial charge in [-0.05, 0) is 30.2 Å². The van der Waals surface area contributed by atoms with Gasteiger partial charge in [0.05, 0.1) is 13.5 Å². The van der Waals surface area contributed by atoms with Gasteiger partial charge in [-0.15, -0.1) is 0 Å². The van der Waals surface area contributed by atoms with Crippen molar-refractivity contribution in [3.05, 3.63) is 65.2 Å². The molecule has 1 aliphatic rings. The van der Waals surface area contributed by atoms with Crippen molar-refractivity contribution in [3.8, 4) is 0 Å². The molecule has 3 rings (SSSR count). The van der Waals surface area contributed by atoms with Gasteiger partial charge in [-0.25, -0.2) is 0 Å². The topological polar surface area (TPSA) is 46.6 Å². The van der Waals surface area contributed by atoms with Crippen molar-refractivity contribution >= 4 is 17.6 Å². The first kappa shape index (κ1) is 15.3. The predicted molar refractivity (Wildman–Crippen MR) is 88.7 cm³/mol. The van der Waals surface area contributed by atoms with Crippen LogP contribution < -0.4 is 4.90 Å². The zero-order valence-corrected chi connectivity index (χ0v) is 13.3. The van der Waals surface area contributed by atoms with E-state index in [2.05, 4.69) is 0 Å². The number of hydrogen-bond acceptors (Lipinski definition) is 3. The summed E-state index contributed by atoms with van der Waals surface area (Å²) < 4.78 is 4.78. The van der Waals surface area contributed by atoms with E-state index in [9.17, 15) is 9.59 Å². The lowest BCUT2D eigenvalue weighted by Gasteiger charge is -2.19. The summed E-state index contributed by atoms with van der Waals surface area (Å²) in [7, 11) is 1.39. The first-order valence-corrected chi connectivity index (χ1v) is 7.65. The van der Waals surface area contributed by atoms with Crippen LogP contribution in [0.1, 0.15) is 33.8 Å². The Morgan fingerprint density at radius 3 is 2.57 bits per heavy atom. The number of hydrogen-bond donors (Lipinski definition) is 0. The summed E-state index contributed by atoms with van der Waals surface area (Å²) in [6.45, 7) is 2.43. The van der Waals surface area contributed by atoms with E-state index in [1.807, 2.05) is 55.5 Å². The third-order valence-corrected chi connectivity index (χ3v) is 4.33. The summed E-state index contributed by atoms with van der Waals surface area (Å²) in [5.74, 6) is -0.301. The Balaban J connectivity index is 1.94. The van der Waals surface area contributed by atoms with Crippen LogP contribution in [0.3, 0.4) is 0 Å². The van der Waals surface area contributed by atoms with Crippen LogP contribution >= 0.6 is 0 Å². The number of carbonyl (C=O) groups excluding carboxylic acids is 2. The second-order valence-electron chi connectivity index (χ2n) is 5.77. The minimum absolute atomic E-state index is 0.0216. The van der Waals surface area contributed by atoms with Gasteiger partial charge in [0.1, 0.15) is 0 Å². The highest BCUT2D eigenvalue weighted by Gasteiger charge is 2.34. The highest BCUT2D eigenvalue weighted by Crippen LogP contribution is 2.39. The van der Waals surface area contributed by atoms with E-state index >= 15 is 0 Å². The van der Waals surface area contributed by atoms with Crippen molar-refractivity contribution in [3.63, 3.8) is 0 Å². The fraction of sp³-hybridized carbons (Fsp3) is 0.263. The zero-order valence-electron chi connectivity index (χ0n) is 13.3. The lowest BCUT2D eigenvalue weighted by atomic mass is 9.98. The summed E-state index contributed by atoms with van der Waals surface area (Å²) in [5.41, 5.74) is 3.56. The molecule has 0 aromatic heterocycles. The smallest absolute Gasteiger partial charge is 0.306 e. The molecule has 118 valence electrons. The molecule has 1 atom stereocenters. The second kappa shape index (κ2) is 6.24. The standard InChI is InChI=1S/C19H19NO3/c1-13-7-3-4-8-15(13)19(22)20-12-14(11-18(21)23-2)16-9-5-6-10-17(16)20/h3-10,14H,11-12H2,1-2H3. The number of nitrogens with zero attached hydrogens (tertiary/aromatic N) is 1. The van der Waals surface area contributed by atoms with E-state index in [4.69, 9.17) is 4.74 Å². The van der Waals surface area contributed by atoms with Crippen LogP contribution in [0.25, 0.3) is 0 Å². The number of esters is 1. The quantitative estimate of drug-likeness (QED) is 0.817. The Bertz CT molecular complexity index is 754. The van der Waals surface area contributed by atoms with Crippen LogP contribution in [0.4, 0.5) is 5.69 Å². The molecule has 0 radical (unpaired) electrons. The molecule has 2 aromatic carbocycles. The molecule has 2 aromatic rings. The van der Waals surface area contributed by atoms with Crippen molar-refractivity contribution < 1.29 is 14.3 Å². The molecule has 0 N–H and O–H groups in total. The van der Waals surface area contributed by atoms with E-state index in [0.29, 0.717) is 12.1 Å². The molecule has 1 amide bonds. The number of carbonyl (C=O) groups is 2. The number of amides is 1. The maximum absolute atomic E-state index is 12.9. The van der Waals surface area contributed by atoms with E-state index < -0.39 is 0 Å². The Morgan fingerprint density at radius 1 is 1.13 bits per heavy atom. The number of fused-ring (bicyclic) bond motifs is 1. The Hall–Kier alpha value is -2.62. The van der Waals surface area contributed by atoms with Gasteiger partial charge in [0.15, 0.2) is 0 Å². The molecule has 0 saturated carbocycles. The van der Waals surface area contributed by atoms with Gasteiger partial charge in [-0.2, -0.15) is 0 Å². The number of benzene rings is 2. The Kier molecular flexibility index (Phi) is 4.15. The van der Waals surface area contributed by atoms with Crippen molar-refractivity contribution in [1.82, 2.24) is 0 Å². The molecule has 4 heteroatoms. The predicted octanol–water partition coefficient (Wildman–Crippen LogP) is 3.30. The van der Waals surface area contributed by atoms with Gasteiger partial charge >= 0.3 is 5.97 Å². The van der Waals surface area contributed by atoms with Crippen LogP contribution in [-0.4, -0.2) is 25.5 Å². The van der Waals surface area contributed by atoms with Crippen molar-refractivity contribution in [2.45, 2.75) is 19.3 Å². The molecular weight excluding hydrogens is 290 g/mol. The lowest BCUT2D eigenvalue weighted by molar-refractivity contribution is -0.141. The van der Waals surface area contributed by atoms with Gasteiger partial charge in [-0.3, -0.25) is 9.59 Å². The molecule has 0 aliphatic carbocycles. The molecule has 4 nitrogen and oxygen atoms in total. The third-order valence-electron chi connectivity index (χ3n) is 4.33. The number of aryl methyl sites for hydroxylation is 1. The van der Waals surface area contributed by atoms with Crippen LogP contribution in [0, 0.1) is 6.92 Å². The third kappa shape index (κ3) is 2.84. The molecule has 1 aliphatic heterocycles. The second-order valence-corrected chi connectivity index (χ2v) is 5.77. The highest BCUT2D eigenvalue weighted by molar-refractivity contribution is 6.08. The monoisotopic (exact) mass is 309 g/mol. The van der Waals surface area contributed by atoms with E-state index in [1.54, 1.807) is 4.90 Å². The van der Waals surface area contributed by atoms with Crippen LogP contribution in [0.15, 0.2) is 48.5 Å². The fourth-order valence-electron chi connectivity index (χ4n) is 3.11. The molecule has 0 bridgehead atoms. The van der Waals surface area contributed by atoms with E-state index in [1.165, 1.54) is 7.11 Å². The number of ether oxygens (including phenoxy) is 1. The molecule has 23 heavy (non-hydrogen) atoms. The molecule has 0 saturated heterocycles. The maximum Gasteiger partial charge on any atom is 0.306 e. The molecule has 1 unspecified atom stereocenters. The van der Waals surface area contributed by atoms with Gasteiger partial charge in [0, 0.05) is 23.7 Å². The first-order chi connectivity index (χ1) is 11.1. The van der Waals surface area contributed by atoms with E-state index in [-0.39, 0.29) is 24.2 Å². The fourth-order valence-corrected chi connectivity index (χ4v) is 3.11. The Labute approximate surface area is 135 Å². The minimum Gasteiger partial charge on any atom is -0.469 e. The number of rotatable bonds is 3. The van der Waals surface area contributed by atoms with E-state index in [0.717, 1.165) is 16.8 Å². The molecular formula is C19H19NO3. The number of methoxy groups -OCH3 is 1. The average Bonchev–Trinajstić information content (AvgIpc) is 2.93. The van der Waals surface area contributed by atoms with Gasteiger partial charge in [0.2, 0.25) is 0 Å². The number of anilines is 1. The molecule has 0 fully saturated rings. The first-order valence-electron chi connectivity index (χ1n) is 7.65. The maximum atomic E-state index is 12.9. The van der Waals surface area contributed by atoms with Crippen molar-refractivity contribution in [2.75, 3.05) is 18.6 Å². The van der Waals surface area contributed by atoms with Gasteiger partial charge < -0.3 is 9.64 Å². The minimum atomic E-state index is -0.255. The molecule has 1 heterocycles.